The van der Waals surface area contributed by atoms with Gasteiger partial charge in [-0.3, -0.25) is 5.43 Å². The molecule has 0 atom stereocenters. The molecule has 0 saturated carbocycles. The molecule has 28 heavy (non-hydrogen) atoms. The van der Waals surface area contributed by atoms with Gasteiger partial charge in [0.1, 0.15) is 5.60 Å². The maximum absolute atomic E-state index is 12.2. The Bertz CT molecular complexity index is 658. The summed E-state index contributed by atoms with van der Waals surface area (Å²) in [5, 5.41) is 4.20. The van der Waals surface area contributed by atoms with Crippen LogP contribution >= 0.6 is 0 Å². The molecule has 8 nitrogen and oxygen atoms in total. The van der Waals surface area contributed by atoms with Crippen molar-refractivity contribution in [1.82, 2.24) is 4.90 Å². The lowest BCUT2D eigenvalue weighted by molar-refractivity contribution is -0.0340. The number of nitrogens with one attached hydrogen (secondary N) is 1. The van der Waals surface area contributed by atoms with Gasteiger partial charge in [0.05, 0.1) is 18.9 Å². The first-order valence-electron chi connectivity index (χ1n) is 9.74. The molecular weight excluding hydrogens is 360 g/mol. The van der Waals surface area contributed by atoms with Gasteiger partial charge >= 0.3 is 6.09 Å². The second kappa shape index (κ2) is 9.25. The third-order valence-electron chi connectivity index (χ3n) is 4.44. The number of ether oxygens (including phenoxy) is 3. The maximum atomic E-state index is 12.2. The van der Waals surface area contributed by atoms with Gasteiger partial charge in [-0.2, -0.15) is 5.10 Å². The Morgan fingerprint density at radius 3 is 2.43 bits per heavy atom. The number of carbonyl (C=O) groups is 1. The number of anilines is 2. The third-order valence-corrected chi connectivity index (χ3v) is 4.44. The Kier molecular flexibility index (Phi) is 6.74. The van der Waals surface area contributed by atoms with Crippen molar-refractivity contribution in [2.45, 2.75) is 39.1 Å². The Labute approximate surface area is 166 Å². The van der Waals surface area contributed by atoms with E-state index in [9.17, 15) is 4.79 Å². The minimum atomic E-state index is -0.462. The van der Waals surface area contributed by atoms with E-state index in [1.807, 2.05) is 32.9 Å². The summed E-state index contributed by atoms with van der Waals surface area (Å²) in [7, 11) is 0. The second-order valence-corrected chi connectivity index (χ2v) is 7.83. The van der Waals surface area contributed by atoms with E-state index in [2.05, 4.69) is 27.6 Å². The molecule has 8 heteroatoms. The summed E-state index contributed by atoms with van der Waals surface area (Å²) in [6.45, 7) is 9.84. The fraction of sp³-hybridized carbons (Fsp3) is 0.600. The van der Waals surface area contributed by atoms with Crippen molar-refractivity contribution >= 4 is 23.7 Å². The third kappa shape index (κ3) is 6.10. The molecule has 0 bridgehead atoms. The largest absolute Gasteiger partial charge is 0.444 e. The smallest absolute Gasteiger partial charge is 0.410 e. The predicted molar refractivity (Wildman–Crippen MR) is 109 cm³/mol. The minimum Gasteiger partial charge on any atom is -0.444 e. The van der Waals surface area contributed by atoms with Crippen LogP contribution < -0.4 is 10.3 Å². The average molecular weight is 390 g/mol. The lowest BCUT2D eigenvalue weighted by Gasteiger charge is -2.36. The zero-order chi connectivity index (χ0) is 20.0. The summed E-state index contributed by atoms with van der Waals surface area (Å²) >= 11 is 0. The number of hydrazone groups is 1. The van der Waals surface area contributed by atoms with Gasteiger partial charge in [0.15, 0.2) is 6.29 Å². The van der Waals surface area contributed by atoms with Gasteiger partial charge in [0, 0.05) is 44.5 Å². The molecular formula is C20H30N4O4. The van der Waals surface area contributed by atoms with Crippen molar-refractivity contribution in [1.29, 1.82) is 0 Å². The number of amides is 1. The highest BCUT2D eigenvalue weighted by Crippen LogP contribution is 2.20. The number of carbonyl (C=O) groups excluding carboxylic acids is 1. The lowest BCUT2D eigenvalue weighted by Crippen LogP contribution is -2.50. The van der Waals surface area contributed by atoms with Gasteiger partial charge < -0.3 is 24.0 Å². The van der Waals surface area contributed by atoms with Gasteiger partial charge in [-0.15, -0.1) is 0 Å². The van der Waals surface area contributed by atoms with Crippen LogP contribution in [0, 0.1) is 0 Å². The summed E-state index contributed by atoms with van der Waals surface area (Å²) in [6, 6.07) is 8.11. The molecule has 0 aromatic heterocycles. The number of piperazine rings is 1. The molecule has 0 aliphatic carbocycles. The summed E-state index contributed by atoms with van der Waals surface area (Å²) in [6.07, 6.45) is 1.98. The highest BCUT2D eigenvalue weighted by Gasteiger charge is 2.25. The van der Waals surface area contributed by atoms with Crippen molar-refractivity contribution in [3.8, 4) is 0 Å². The van der Waals surface area contributed by atoms with Crippen molar-refractivity contribution in [3.63, 3.8) is 0 Å². The maximum Gasteiger partial charge on any atom is 0.410 e. The molecule has 2 aliphatic rings. The Balaban J connectivity index is 1.43. The normalized spacial score (nSPS) is 18.7. The Morgan fingerprint density at radius 1 is 1.18 bits per heavy atom. The molecule has 1 aromatic rings. The molecule has 1 aromatic carbocycles. The molecule has 2 saturated heterocycles. The standard InChI is InChI=1S/C20H30N4O4/c1-20(2,3)28-19(25)24-12-10-23(11-13-24)17-6-4-16(5-7-17)22-21-9-8-18-26-14-15-27-18/h4-7,9,18,22H,8,10-15H2,1-3H3. The van der Waals surface area contributed by atoms with E-state index >= 15 is 0 Å². The van der Waals surface area contributed by atoms with Crippen LogP contribution in [0.25, 0.3) is 0 Å². The zero-order valence-electron chi connectivity index (χ0n) is 16.9. The van der Waals surface area contributed by atoms with Crippen LogP contribution in [0.1, 0.15) is 27.2 Å². The molecule has 0 spiro atoms. The first-order valence-corrected chi connectivity index (χ1v) is 9.74. The first-order chi connectivity index (χ1) is 13.4. The van der Waals surface area contributed by atoms with E-state index in [1.165, 1.54) is 0 Å². The molecule has 0 radical (unpaired) electrons. The minimum absolute atomic E-state index is 0.174. The molecule has 2 heterocycles. The highest BCUT2D eigenvalue weighted by molar-refractivity contribution is 5.68. The van der Waals surface area contributed by atoms with E-state index < -0.39 is 5.60 Å². The van der Waals surface area contributed by atoms with E-state index in [-0.39, 0.29) is 12.4 Å². The van der Waals surface area contributed by atoms with Gasteiger partial charge in [-0.05, 0) is 45.0 Å². The van der Waals surface area contributed by atoms with Gasteiger partial charge in [0.2, 0.25) is 0 Å². The van der Waals surface area contributed by atoms with Crippen LogP contribution in [0.5, 0.6) is 0 Å². The van der Waals surface area contributed by atoms with Crippen molar-refractivity contribution in [3.05, 3.63) is 24.3 Å². The quantitative estimate of drug-likeness (QED) is 0.615. The predicted octanol–water partition coefficient (Wildman–Crippen LogP) is 2.90. The topological polar surface area (TPSA) is 75.6 Å². The van der Waals surface area contributed by atoms with Crippen molar-refractivity contribution in [2.75, 3.05) is 49.7 Å². The van der Waals surface area contributed by atoms with E-state index in [0.717, 1.165) is 24.5 Å². The van der Waals surface area contributed by atoms with Crippen molar-refractivity contribution in [2.24, 2.45) is 5.10 Å². The van der Waals surface area contributed by atoms with Crippen molar-refractivity contribution < 1.29 is 19.0 Å². The van der Waals surface area contributed by atoms with Crippen LogP contribution in [0.4, 0.5) is 16.2 Å². The fourth-order valence-corrected chi connectivity index (χ4v) is 3.02. The van der Waals surface area contributed by atoms with Crippen LogP contribution in [-0.4, -0.2) is 68.5 Å². The molecule has 0 unspecified atom stereocenters. The Morgan fingerprint density at radius 2 is 1.82 bits per heavy atom. The SMILES string of the molecule is CC(C)(C)OC(=O)N1CCN(c2ccc(NN=CCC3OCCO3)cc2)CC1. The summed E-state index contributed by atoms with van der Waals surface area (Å²) in [5.74, 6) is 0. The molecule has 2 aliphatic heterocycles. The number of hydrogen-bond acceptors (Lipinski definition) is 7. The number of nitrogens with zero attached hydrogens (tertiary/aromatic N) is 3. The average Bonchev–Trinajstić information content (AvgIpc) is 3.18. The van der Waals surface area contributed by atoms with E-state index in [4.69, 9.17) is 14.2 Å². The number of benzene rings is 1. The number of rotatable bonds is 5. The van der Waals surface area contributed by atoms with E-state index in [0.29, 0.717) is 32.7 Å². The van der Waals surface area contributed by atoms with E-state index in [1.54, 1.807) is 11.1 Å². The molecule has 154 valence electrons. The summed E-state index contributed by atoms with van der Waals surface area (Å²) in [5.41, 5.74) is 4.60. The lowest BCUT2D eigenvalue weighted by atomic mass is 10.2. The Hall–Kier alpha value is -2.32. The molecule has 3 rings (SSSR count). The monoisotopic (exact) mass is 390 g/mol. The molecule has 1 N–H and O–H groups in total. The van der Waals surface area contributed by atoms with Crippen LogP contribution in [-0.2, 0) is 14.2 Å². The van der Waals surface area contributed by atoms with Gasteiger partial charge in [-0.1, -0.05) is 0 Å². The van der Waals surface area contributed by atoms with Crippen LogP contribution in [0.3, 0.4) is 0 Å². The fourth-order valence-electron chi connectivity index (χ4n) is 3.02. The van der Waals surface area contributed by atoms with Crippen LogP contribution in [0.15, 0.2) is 29.4 Å². The second-order valence-electron chi connectivity index (χ2n) is 7.83. The molecule has 1 amide bonds. The summed E-state index contributed by atoms with van der Waals surface area (Å²) in [4.78, 5) is 16.2. The summed E-state index contributed by atoms with van der Waals surface area (Å²) < 4.78 is 16.2. The van der Waals surface area contributed by atoms with Crippen LogP contribution in [0.2, 0.25) is 0 Å². The van der Waals surface area contributed by atoms with Gasteiger partial charge in [-0.25, -0.2) is 4.79 Å². The van der Waals surface area contributed by atoms with Gasteiger partial charge in [0.25, 0.3) is 0 Å². The number of hydrogen-bond donors (Lipinski definition) is 1. The molecule has 2 fully saturated rings. The first kappa shape index (κ1) is 20.4. The highest BCUT2D eigenvalue weighted by atomic mass is 16.7. The zero-order valence-corrected chi connectivity index (χ0v) is 16.9.